The van der Waals surface area contributed by atoms with Gasteiger partial charge in [0.1, 0.15) is 5.82 Å². The van der Waals surface area contributed by atoms with Crippen molar-refractivity contribution in [3.8, 4) is 0 Å². The van der Waals surface area contributed by atoms with Gasteiger partial charge in [-0.1, -0.05) is 13.8 Å². The van der Waals surface area contributed by atoms with Gasteiger partial charge in [-0.15, -0.1) is 0 Å². The minimum atomic E-state index is 1.05. The minimum absolute atomic E-state index is 1.05. The predicted molar refractivity (Wildman–Crippen MR) is 52.5 cm³/mol. The molecule has 1 aliphatic rings. The number of hydrogen-bond acceptors (Lipinski definition) is 2. The second-order valence-electron chi connectivity index (χ2n) is 2.63. The van der Waals surface area contributed by atoms with Gasteiger partial charge in [-0.3, -0.25) is 0 Å². The predicted octanol–water partition coefficient (Wildman–Crippen LogP) is 2.38. The number of fused-ring (bicyclic) bond motifs is 1. The summed E-state index contributed by atoms with van der Waals surface area (Å²) in [6.45, 7) is 7.18. The molecule has 0 spiro atoms. The first-order chi connectivity index (χ1) is 5.88. The summed E-state index contributed by atoms with van der Waals surface area (Å²) in [6.07, 6.45) is 2.99. The fraction of sp³-hybridized carbons (Fsp3) is 0.500. The van der Waals surface area contributed by atoms with Gasteiger partial charge < -0.3 is 5.32 Å². The van der Waals surface area contributed by atoms with Crippen LogP contribution in [-0.2, 0) is 6.42 Å². The van der Waals surface area contributed by atoms with Crippen LogP contribution in [0.4, 0.5) is 5.82 Å². The Kier molecular flexibility index (Phi) is 3.09. The summed E-state index contributed by atoms with van der Waals surface area (Å²) < 4.78 is 0. The van der Waals surface area contributed by atoms with Gasteiger partial charge >= 0.3 is 0 Å². The molecule has 1 N–H and O–H groups in total. The molecule has 1 aliphatic heterocycles. The summed E-state index contributed by atoms with van der Waals surface area (Å²) in [7, 11) is 0. The van der Waals surface area contributed by atoms with E-state index in [0.29, 0.717) is 0 Å². The van der Waals surface area contributed by atoms with Crippen LogP contribution in [-0.4, -0.2) is 11.5 Å². The van der Waals surface area contributed by atoms with Gasteiger partial charge in [0.25, 0.3) is 0 Å². The van der Waals surface area contributed by atoms with E-state index >= 15 is 0 Å². The molecule has 66 valence electrons. The van der Waals surface area contributed by atoms with Gasteiger partial charge in [0.15, 0.2) is 0 Å². The van der Waals surface area contributed by atoms with Gasteiger partial charge in [-0.25, -0.2) is 4.98 Å². The van der Waals surface area contributed by atoms with Crippen LogP contribution >= 0.6 is 0 Å². The lowest BCUT2D eigenvalue weighted by Crippen LogP contribution is -1.92. The van der Waals surface area contributed by atoms with E-state index in [-0.39, 0.29) is 0 Å². The number of rotatable bonds is 0. The molecule has 12 heavy (non-hydrogen) atoms. The molecular formula is C10H16N2. The van der Waals surface area contributed by atoms with Crippen LogP contribution in [0.5, 0.6) is 0 Å². The lowest BCUT2D eigenvalue weighted by Gasteiger charge is -1.99. The van der Waals surface area contributed by atoms with E-state index in [1.165, 1.54) is 11.1 Å². The average molecular weight is 164 g/mol. The van der Waals surface area contributed by atoms with Crippen LogP contribution in [0, 0.1) is 6.92 Å². The van der Waals surface area contributed by atoms with Crippen LogP contribution in [0.2, 0.25) is 0 Å². The van der Waals surface area contributed by atoms with E-state index in [4.69, 9.17) is 0 Å². The van der Waals surface area contributed by atoms with Gasteiger partial charge in [0, 0.05) is 12.7 Å². The monoisotopic (exact) mass is 164 g/mol. The third-order valence-electron chi connectivity index (χ3n) is 1.96. The molecule has 0 fully saturated rings. The Bertz CT molecular complexity index is 256. The molecule has 0 atom stereocenters. The van der Waals surface area contributed by atoms with Crippen LogP contribution in [0.15, 0.2) is 12.3 Å². The number of nitrogens with zero attached hydrogens (tertiary/aromatic N) is 1. The number of nitrogens with one attached hydrogen (secondary N) is 1. The standard InChI is InChI=1S/C8H10N2.C2H6/c1-6-2-4-9-8-7(6)3-5-10-8;1-2/h2,4H,3,5H2,1H3,(H,9,10);1-2H3. The molecule has 2 nitrogen and oxygen atoms in total. The number of aromatic nitrogens is 1. The Balaban J connectivity index is 0.000000336. The van der Waals surface area contributed by atoms with E-state index in [9.17, 15) is 0 Å². The highest BCUT2D eigenvalue weighted by Crippen LogP contribution is 2.21. The highest BCUT2D eigenvalue weighted by molar-refractivity contribution is 5.52. The SMILES string of the molecule is CC.Cc1ccnc2c1CCN2. The molecule has 0 radical (unpaired) electrons. The summed E-state index contributed by atoms with van der Waals surface area (Å²) in [5, 5.41) is 3.23. The first-order valence-electron chi connectivity index (χ1n) is 4.56. The first kappa shape index (κ1) is 9.04. The van der Waals surface area contributed by atoms with E-state index < -0.39 is 0 Å². The highest BCUT2D eigenvalue weighted by Gasteiger charge is 2.11. The van der Waals surface area contributed by atoms with Gasteiger partial charge in [-0.05, 0) is 30.5 Å². The molecule has 0 bridgehead atoms. The van der Waals surface area contributed by atoms with Crippen molar-refractivity contribution in [1.82, 2.24) is 4.98 Å². The van der Waals surface area contributed by atoms with Crippen molar-refractivity contribution in [2.75, 3.05) is 11.9 Å². The first-order valence-corrected chi connectivity index (χ1v) is 4.56. The zero-order valence-electron chi connectivity index (χ0n) is 8.02. The van der Waals surface area contributed by atoms with Crippen molar-refractivity contribution in [3.63, 3.8) is 0 Å². The van der Waals surface area contributed by atoms with Crippen molar-refractivity contribution in [1.29, 1.82) is 0 Å². The van der Waals surface area contributed by atoms with Crippen molar-refractivity contribution in [2.45, 2.75) is 27.2 Å². The molecule has 2 heteroatoms. The Morgan fingerprint density at radius 2 is 2.17 bits per heavy atom. The molecule has 2 heterocycles. The Labute approximate surface area is 74.0 Å². The quantitative estimate of drug-likeness (QED) is 0.636. The summed E-state index contributed by atoms with van der Waals surface area (Å²) >= 11 is 0. The average Bonchev–Trinajstić information content (AvgIpc) is 2.57. The van der Waals surface area contributed by atoms with Crippen LogP contribution in [0.1, 0.15) is 25.0 Å². The molecule has 0 amide bonds. The topological polar surface area (TPSA) is 24.9 Å². The molecule has 1 aromatic heterocycles. The van der Waals surface area contributed by atoms with E-state index in [1.807, 2.05) is 20.0 Å². The van der Waals surface area contributed by atoms with Crippen LogP contribution < -0.4 is 5.32 Å². The maximum Gasteiger partial charge on any atom is 0.129 e. The Hall–Kier alpha value is -1.05. The lowest BCUT2D eigenvalue weighted by molar-refractivity contribution is 1.09. The number of pyridine rings is 1. The maximum absolute atomic E-state index is 4.21. The second-order valence-corrected chi connectivity index (χ2v) is 2.63. The van der Waals surface area contributed by atoms with Gasteiger partial charge in [0.2, 0.25) is 0 Å². The molecule has 0 saturated carbocycles. The summed E-state index contributed by atoms with van der Waals surface area (Å²) in [4.78, 5) is 4.21. The van der Waals surface area contributed by atoms with Crippen LogP contribution in [0.25, 0.3) is 0 Å². The van der Waals surface area contributed by atoms with E-state index in [0.717, 1.165) is 18.8 Å². The Morgan fingerprint density at radius 1 is 1.42 bits per heavy atom. The van der Waals surface area contributed by atoms with Crippen molar-refractivity contribution >= 4 is 5.82 Å². The molecule has 0 saturated heterocycles. The minimum Gasteiger partial charge on any atom is -0.370 e. The zero-order valence-corrected chi connectivity index (χ0v) is 8.02. The fourth-order valence-corrected chi connectivity index (χ4v) is 1.36. The number of hydrogen-bond donors (Lipinski definition) is 1. The third-order valence-corrected chi connectivity index (χ3v) is 1.96. The summed E-state index contributed by atoms with van der Waals surface area (Å²) in [6, 6.07) is 2.06. The van der Waals surface area contributed by atoms with Crippen molar-refractivity contribution in [3.05, 3.63) is 23.4 Å². The smallest absolute Gasteiger partial charge is 0.129 e. The number of anilines is 1. The maximum atomic E-state index is 4.21. The van der Waals surface area contributed by atoms with Crippen molar-refractivity contribution < 1.29 is 0 Å². The molecule has 1 aromatic rings. The molecular weight excluding hydrogens is 148 g/mol. The fourth-order valence-electron chi connectivity index (χ4n) is 1.36. The Morgan fingerprint density at radius 3 is 2.83 bits per heavy atom. The largest absolute Gasteiger partial charge is 0.370 e. The lowest BCUT2D eigenvalue weighted by atomic mass is 10.1. The van der Waals surface area contributed by atoms with Crippen LogP contribution in [0.3, 0.4) is 0 Å². The van der Waals surface area contributed by atoms with E-state index in [2.05, 4.69) is 23.3 Å². The normalized spacial score (nSPS) is 12.6. The van der Waals surface area contributed by atoms with Gasteiger partial charge in [-0.2, -0.15) is 0 Å². The van der Waals surface area contributed by atoms with E-state index in [1.54, 1.807) is 0 Å². The molecule has 2 rings (SSSR count). The summed E-state index contributed by atoms with van der Waals surface area (Å²) in [5.41, 5.74) is 2.75. The second kappa shape index (κ2) is 4.10. The number of aryl methyl sites for hydroxylation is 1. The molecule has 0 aromatic carbocycles. The molecule has 0 unspecified atom stereocenters. The van der Waals surface area contributed by atoms with Gasteiger partial charge in [0.05, 0.1) is 0 Å². The van der Waals surface area contributed by atoms with Crippen molar-refractivity contribution in [2.24, 2.45) is 0 Å². The zero-order chi connectivity index (χ0) is 8.97. The molecule has 0 aliphatic carbocycles. The third kappa shape index (κ3) is 1.58. The summed E-state index contributed by atoms with van der Waals surface area (Å²) in [5.74, 6) is 1.08. The highest BCUT2D eigenvalue weighted by atomic mass is 15.0.